The van der Waals surface area contributed by atoms with Gasteiger partial charge in [-0.25, -0.2) is 0 Å². The van der Waals surface area contributed by atoms with Crippen molar-refractivity contribution >= 4 is 11.8 Å². The molecule has 1 fully saturated rings. The van der Waals surface area contributed by atoms with E-state index in [1.807, 2.05) is 25.1 Å². The van der Waals surface area contributed by atoms with Crippen molar-refractivity contribution < 1.29 is 24.9 Å². The molecule has 1 saturated heterocycles. The molecule has 3 N–H and O–H groups in total. The zero-order chi connectivity index (χ0) is 19.6. The Hall–Kier alpha value is -3.22. The van der Waals surface area contributed by atoms with E-state index in [0.717, 1.165) is 17.7 Å². The van der Waals surface area contributed by atoms with Gasteiger partial charge in [-0.05, 0) is 37.6 Å². The zero-order valence-electron chi connectivity index (χ0n) is 15.1. The second-order valence-corrected chi connectivity index (χ2v) is 6.67. The fourth-order valence-electron chi connectivity index (χ4n) is 3.19. The van der Waals surface area contributed by atoms with Gasteiger partial charge in [0.05, 0.1) is 0 Å². The van der Waals surface area contributed by atoms with Gasteiger partial charge in [-0.3, -0.25) is 9.59 Å². The van der Waals surface area contributed by atoms with Crippen LogP contribution in [0.25, 0.3) is 0 Å². The molecule has 0 radical (unpaired) electrons. The molecule has 0 atom stereocenters. The Balaban J connectivity index is 1.71. The molecular weight excluding hydrogens is 348 g/mol. The molecule has 2 aromatic carbocycles. The van der Waals surface area contributed by atoms with E-state index >= 15 is 0 Å². The van der Waals surface area contributed by atoms with Crippen LogP contribution in [0.4, 0.5) is 0 Å². The molecule has 2 amide bonds. The lowest BCUT2D eigenvalue weighted by Gasteiger charge is -2.22. The minimum Gasteiger partial charge on any atom is -0.504 e. The van der Waals surface area contributed by atoms with Crippen LogP contribution in [-0.2, 0) is 0 Å². The molecule has 7 heteroatoms. The maximum absolute atomic E-state index is 12.7. The minimum atomic E-state index is -0.655. The number of amides is 2. The van der Waals surface area contributed by atoms with Crippen molar-refractivity contribution in [1.29, 1.82) is 0 Å². The molecule has 142 valence electrons. The summed E-state index contributed by atoms with van der Waals surface area (Å²) in [5.74, 6) is -2.19. The minimum absolute atomic E-state index is 0.0621. The maximum atomic E-state index is 12.7. The topological polar surface area (TPSA) is 101 Å². The van der Waals surface area contributed by atoms with Crippen LogP contribution in [-0.4, -0.2) is 63.1 Å². The highest BCUT2D eigenvalue weighted by molar-refractivity contribution is 5.96. The lowest BCUT2D eigenvalue weighted by Crippen LogP contribution is -2.37. The summed E-state index contributed by atoms with van der Waals surface area (Å²) < 4.78 is 0. The highest BCUT2D eigenvalue weighted by Gasteiger charge is 2.24. The van der Waals surface area contributed by atoms with E-state index in [2.05, 4.69) is 0 Å². The molecule has 1 aliphatic rings. The van der Waals surface area contributed by atoms with Crippen molar-refractivity contribution in [2.45, 2.75) is 13.3 Å². The van der Waals surface area contributed by atoms with Gasteiger partial charge in [0.25, 0.3) is 11.8 Å². The molecular formula is C20H22N2O5. The van der Waals surface area contributed by atoms with Gasteiger partial charge in [-0.2, -0.15) is 0 Å². The zero-order valence-corrected chi connectivity index (χ0v) is 15.1. The second-order valence-electron chi connectivity index (χ2n) is 6.67. The summed E-state index contributed by atoms with van der Waals surface area (Å²) in [6.45, 7) is 3.68. The number of nitrogens with zero attached hydrogens (tertiary/aromatic N) is 2. The smallest absolute Gasteiger partial charge is 0.254 e. The summed E-state index contributed by atoms with van der Waals surface area (Å²) in [7, 11) is 0. The Morgan fingerprint density at radius 1 is 0.815 bits per heavy atom. The second kappa shape index (κ2) is 7.57. The molecule has 2 aromatic rings. The fourth-order valence-corrected chi connectivity index (χ4v) is 3.19. The molecule has 0 aliphatic carbocycles. The number of aromatic hydroxyl groups is 3. The maximum Gasteiger partial charge on any atom is 0.254 e. The predicted octanol–water partition coefficient (Wildman–Crippen LogP) is 2.10. The first-order valence-corrected chi connectivity index (χ1v) is 8.77. The molecule has 1 heterocycles. The van der Waals surface area contributed by atoms with E-state index in [1.54, 1.807) is 15.9 Å². The number of rotatable bonds is 2. The van der Waals surface area contributed by atoms with Crippen molar-refractivity contribution in [3.8, 4) is 17.2 Å². The summed E-state index contributed by atoms with van der Waals surface area (Å²) in [5, 5.41) is 28.6. The average Bonchev–Trinajstić information content (AvgIpc) is 2.90. The van der Waals surface area contributed by atoms with Crippen LogP contribution in [0, 0.1) is 6.92 Å². The van der Waals surface area contributed by atoms with Gasteiger partial charge in [-0.15, -0.1) is 0 Å². The largest absolute Gasteiger partial charge is 0.504 e. The van der Waals surface area contributed by atoms with Crippen LogP contribution in [0.2, 0.25) is 0 Å². The monoisotopic (exact) mass is 370 g/mol. The summed E-state index contributed by atoms with van der Waals surface area (Å²) in [6.07, 6.45) is 0.624. The predicted molar refractivity (Wildman–Crippen MR) is 99.0 cm³/mol. The van der Waals surface area contributed by atoms with Crippen molar-refractivity contribution in [3.63, 3.8) is 0 Å². The van der Waals surface area contributed by atoms with E-state index < -0.39 is 17.2 Å². The number of hydrogen-bond donors (Lipinski definition) is 3. The molecule has 0 aromatic heterocycles. The van der Waals surface area contributed by atoms with Crippen LogP contribution in [0.1, 0.15) is 32.7 Å². The Kier molecular flexibility index (Phi) is 5.21. The van der Waals surface area contributed by atoms with Gasteiger partial charge < -0.3 is 25.1 Å². The van der Waals surface area contributed by atoms with Crippen LogP contribution >= 0.6 is 0 Å². The summed E-state index contributed by atoms with van der Waals surface area (Å²) in [5.41, 5.74) is 1.73. The van der Waals surface area contributed by atoms with Crippen molar-refractivity contribution in [2.75, 3.05) is 26.2 Å². The molecule has 3 rings (SSSR count). The number of carbonyl (C=O) groups excluding carboxylic acids is 2. The molecule has 0 unspecified atom stereocenters. The van der Waals surface area contributed by atoms with Crippen molar-refractivity contribution in [1.82, 2.24) is 9.80 Å². The van der Waals surface area contributed by atoms with Gasteiger partial charge in [0.2, 0.25) is 0 Å². The van der Waals surface area contributed by atoms with E-state index in [9.17, 15) is 24.9 Å². The summed E-state index contributed by atoms with van der Waals surface area (Å²) >= 11 is 0. The number of carbonyl (C=O) groups is 2. The van der Waals surface area contributed by atoms with E-state index in [1.165, 1.54) is 0 Å². The number of benzene rings is 2. The number of hydrogen-bond acceptors (Lipinski definition) is 5. The quantitative estimate of drug-likeness (QED) is 0.703. The highest BCUT2D eigenvalue weighted by atomic mass is 16.3. The van der Waals surface area contributed by atoms with E-state index in [-0.39, 0.29) is 17.4 Å². The third-order valence-corrected chi connectivity index (χ3v) is 4.65. The normalized spacial score (nSPS) is 14.7. The van der Waals surface area contributed by atoms with Crippen molar-refractivity contribution in [2.24, 2.45) is 0 Å². The highest BCUT2D eigenvalue weighted by Crippen LogP contribution is 2.35. The van der Waals surface area contributed by atoms with Gasteiger partial charge in [0, 0.05) is 37.3 Å². The van der Waals surface area contributed by atoms with Crippen LogP contribution in [0.3, 0.4) is 0 Å². The van der Waals surface area contributed by atoms with E-state index in [0.29, 0.717) is 38.2 Å². The number of aryl methyl sites for hydroxylation is 1. The molecule has 7 nitrogen and oxygen atoms in total. The first-order chi connectivity index (χ1) is 12.9. The Bertz CT molecular complexity index is 857. The van der Waals surface area contributed by atoms with Gasteiger partial charge in [0.1, 0.15) is 0 Å². The Morgan fingerprint density at radius 3 is 1.93 bits per heavy atom. The third-order valence-electron chi connectivity index (χ3n) is 4.65. The van der Waals surface area contributed by atoms with Gasteiger partial charge >= 0.3 is 0 Å². The van der Waals surface area contributed by atoms with Crippen LogP contribution < -0.4 is 0 Å². The Morgan fingerprint density at radius 2 is 1.37 bits per heavy atom. The van der Waals surface area contributed by atoms with E-state index in [4.69, 9.17) is 0 Å². The molecule has 0 spiro atoms. The van der Waals surface area contributed by atoms with Crippen molar-refractivity contribution in [3.05, 3.63) is 53.1 Å². The molecule has 1 aliphatic heterocycles. The fraction of sp³-hybridized carbons (Fsp3) is 0.300. The van der Waals surface area contributed by atoms with Gasteiger partial charge in [-0.1, -0.05) is 17.7 Å². The molecule has 0 bridgehead atoms. The first-order valence-electron chi connectivity index (χ1n) is 8.77. The molecule has 0 saturated carbocycles. The first kappa shape index (κ1) is 18.6. The SMILES string of the molecule is Cc1cccc(C(=O)N2CCCN(C(=O)c3cc(O)c(O)c(O)c3)CC2)c1. The van der Waals surface area contributed by atoms with Crippen LogP contribution in [0.5, 0.6) is 17.2 Å². The standard InChI is InChI=1S/C20H22N2O5/c1-13-4-2-5-14(10-13)19(26)21-6-3-7-22(9-8-21)20(27)15-11-16(23)18(25)17(24)12-15/h2,4-5,10-12,23-25H,3,6-9H2,1H3. The van der Waals surface area contributed by atoms with Crippen LogP contribution in [0.15, 0.2) is 36.4 Å². The summed E-state index contributed by atoms with van der Waals surface area (Å²) in [6, 6.07) is 9.65. The Labute approximate surface area is 157 Å². The lowest BCUT2D eigenvalue weighted by molar-refractivity contribution is 0.0718. The average molecular weight is 370 g/mol. The summed E-state index contributed by atoms with van der Waals surface area (Å²) in [4.78, 5) is 28.7. The number of phenols is 3. The third kappa shape index (κ3) is 3.97. The lowest BCUT2D eigenvalue weighted by atomic mass is 10.1. The molecule has 27 heavy (non-hydrogen) atoms. The van der Waals surface area contributed by atoms with Gasteiger partial charge in [0.15, 0.2) is 17.2 Å². The number of phenolic OH excluding ortho intramolecular Hbond substituents is 3.